The smallest absolute Gasteiger partial charge is 0.270 e. The molecular formula is C20H21N3O2. The molecule has 0 bridgehead atoms. The molecule has 0 aliphatic rings. The van der Waals surface area contributed by atoms with E-state index in [1.807, 2.05) is 55.5 Å². The van der Waals surface area contributed by atoms with Gasteiger partial charge in [-0.15, -0.1) is 5.10 Å². The Balaban J connectivity index is 2.11. The van der Waals surface area contributed by atoms with Crippen LogP contribution < -0.4 is 15.2 Å². The van der Waals surface area contributed by atoms with Crippen molar-refractivity contribution >= 4 is 11.5 Å². The van der Waals surface area contributed by atoms with Crippen molar-refractivity contribution in [2.45, 2.75) is 13.5 Å². The fourth-order valence-corrected chi connectivity index (χ4v) is 2.62. The van der Waals surface area contributed by atoms with Gasteiger partial charge in [-0.2, -0.15) is 0 Å². The van der Waals surface area contributed by atoms with Crippen molar-refractivity contribution in [1.29, 1.82) is 0 Å². The standard InChI is InChI=1S/C20H21N3O2/c1-3-25-18-14-19(24)22(2)21-20(18)23(17-12-8-5-9-13-17)15-16-10-6-4-7-11-16/h4-14H,3,15H2,1-2H3. The molecule has 128 valence electrons. The van der Waals surface area contributed by atoms with Crippen molar-refractivity contribution < 1.29 is 4.74 Å². The summed E-state index contributed by atoms with van der Waals surface area (Å²) in [6.07, 6.45) is 0. The summed E-state index contributed by atoms with van der Waals surface area (Å²) in [5.41, 5.74) is 1.93. The van der Waals surface area contributed by atoms with Crippen molar-refractivity contribution in [2.24, 2.45) is 7.05 Å². The van der Waals surface area contributed by atoms with Crippen LogP contribution in [0.2, 0.25) is 0 Å². The highest BCUT2D eigenvalue weighted by Crippen LogP contribution is 2.32. The third-order valence-corrected chi connectivity index (χ3v) is 3.85. The predicted molar refractivity (Wildman–Crippen MR) is 99.4 cm³/mol. The summed E-state index contributed by atoms with van der Waals surface area (Å²) in [5.74, 6) is 1.12. The van der Waals surface area contributed by atoms with Crippen LogP contribution in [0.25, 0.3) is 0 Å². The van der Waals surface area contributed by atoms with Crippen molar-refractivity contribution in [1.82, 2.24) is 9.78 Å². The van der Waals surface area contributed by atoms with E-state index in [0.717, 1.165) is 11.3 Å². The lowest BCUT2D eigenvalue weighted by molar-refractivity contribution is 0.336. The van der Waals surface area contributed by atoms with Crippen LogP contribution in [0.1, 0.15) is 12.5 Å². The molecule has 0 amide bonds. The summed E-state index contributed by atoms with van der Waals surface area (Å²) in [6, 6.07) is 21.6. The van der Waals surface area contributed by atoms with Crippen molar-refractivity contribution in [3.8, 4) is 5.75 Å². The maximum absolute atomic E-state index is 12.0. The molecule has 0 radical (unpaired) electrons. The van der Waals surface area contributed by atoms with Crippen LogP contribution in [0, 0.1) is 0 Å². The number of aromatic nitrogens is 2. The summed E-state index contributed by atoms with van der Waals surface area (Å²) in [6.45, 7) is 2.98. The lowest BCUT2D eigenvalue weighted by Gasteiger charge is -2.26. The summed E-state index contributed by atoms with van der Waals surface area (Å²) in [7, 11) is 1.65. The molecule has 5 heteroatoms. The predicted octanol–water partition coefficient (Wildman–Crippen LogP) is 3.52. The van der Waals surface area contributed by atoms with Crippen LogP contribution >= 0.6 is 0 Å². The molecule has 25 heavy (non-hydrogen) atoms. The molecule has 5 nitrogen and oxygen atoms in total. The van der Waals surface area contributed by atoms with E-state index >= 15 is 0 Å². The van der Waals surface area contributed by atoms with Gasteiger partial charge < -0.3 is 9.64 Å². The van der Waals surface area contributed by atoms with Crippen molar-refractivity contribution in [3.05, 3.63) is 82.6 Å². The molecular weight excluding hydrogens is 314 g/mol. The van der Waals surface area contributed by atoms with Gasteiger partial charge in [0.2, 0.25) is 0 Å². The number of rotatable bonds is 6. The first-order valence-corrected chi connectivity index (χ1v) is 8.26. The molecule has 0 aliphatic carbocycles. The average Bonchev–Trinajstić information content (AvgIpc) is 2.65. The zero-order valence-corrected chi connectivity index (χ0v) is 14.4. The zero-order chi connectivity index (χ0) is 17.6. The lowest BCUT2D eigenvalue weighted by atomic mass is 10.2. The van der Waals surface area contributed by atoms with Crippen LogP contribution in [0.15, 0.2) is 71.5 Å². The van der Waals surface area contributed by atoms with Crippen LogP contribution in [-0.4, -0.2) is 16.4 Å². The van der Waals surface area contributed by atoms with Gasteiger partial charge >= 0.3 is 0 Å². The molecule has 2 aromatic carbocycles. The lowest BCUT2D eigenvalue weighted by Crippen LogP contribution is -2.25. The number of ether oxygens (including phenoxy) is 1. The van der Waals surface area contributed by atoms with Gasteiger partial charge in [0, 0.05) is 19.3 Å². The summed E-state index contributed by atoms with van der Waals surface area (Å²) < 4.78 is 7.03. The van der Waals surface area contributed by atoms with Gasteiger partial charge in [0.05, 0.1) is 12.7 Å². The van der Waals surface area contributed by atoms with Gasteiger partial charge in [0.15, 0.2) is 11.6 Å². The van der Waals surface area contributed by atoms with E-state index in [1.54, 1.807) is 7.05 Å². The fourth-order valence-electron chi connectivity index (χ4n) is 2.62. The molecule has 0 spiro atoms. The maximum Gasteiger partial charge on any atom is 0.270 e. The van der Waals surface area contributed by atoms with Crippen LogP contribution in [-0.2, 0) is 13.6 Å². The van der Waals surface area contributed by atoms with Gasteiger partial charge in [0.25, 0.3) is 5.56 Å². The van der Waals surface area contributed by atoms with E-state index in [1.165, 1.54) is 10.7 Å². The van der Waals surface area contributed by atoms with Crippen molar-refractivity contribution in [2.75, 3.05) is 11.5 Å². The number of hydrogen-bond donors (Lipinski definition) is 0. The molecule has 0 fully saturated rings. The van der Waals surface area contributed by atoms with Crippen LogP contribution in [0.3, 0.4) is 0 Å². The first-order valence-electron chi connectivity index (χ1n) is 8.26. The Hall–Kier alpha value is -3.08. The number of nitrogens with zero attached hydrogens (tertiary/aromatic N) is 3. The Labute approximate surface area is 147 Å². The second-order valence-electron chi connectivity index (χ2n) is 5.63. The first kappa shape index (κ1) is 16.8. The number of benzene rings is 2. The Bertz CT molecular complexity index is 876. The van der Waals surface area contributed by atoms with E-state index in [0.29, 0.717) is 24.7 Å². The number of para-hydroxylation sites is 1. The molecule has 1 heterocycles. The third-order valence-electron chi connectivity index (χ3n) is 3.85. The number of hydrogen-bond acceptors (Lipinski definition) is 4. The van der Waals surface area contributed by atoms with E-state index in [4.69, 9.17) is 4.74 Å². The van der Waals surface area contributed by atoms with Crippen LogP contribution in [0.5, 0.6) is 5.75 Å². The third kappa shape index (κ3) is 3.88. The molecule has 0 aliphatic heterocycles. The van der Waals surface area contributed by atoms with Crippen molar-refractivity contribution in [3.63, 3.8) is 0 Å². The van der Waals surface area contributed by atoms with Gasteiger partial charge in [-0.25, -0.2) is 4.68 Å². The molecule has 0 atom stereocenters. The van der Waals surface area contributed by atoms with Gasteiger partial charge in [-0.1, -0.05) is 48.5 Å². The summed E-state index contributed by atoms with van der Waals surface area (Å²) >= 11 is 0. The number of aryl methyl sites for hydroxylation is 1. The topological polar surface area (TPSA) is 47.4 Å². The van der Waals surface area contributed by atoms with Crippen LogP contribution in [0.4, 0.5) is 11.5 Å². The average molecular weight is 335 g/mol. The molecule has 0 saturated carbocycles. The monoisotopic (exact) mass is 335 g/mol. The SMILES string of the molecule is CCOc1cc(=O)n(C)nc1N(Cc1ccccc1)c1ccccc1. The molecule has 1 aromatic heterocycles. The Morgan fingerprint density at radius 3 is 2.32 bits per heavy atom. The molecule has 0 unspecified atom stereocenters. The van der Waals surface area contributed by atoms with Gasteiger partial charge in [0.1, 0.15) is 0 Å². The maximum atomic E-state index is 12.0. The minimum Gasteiger partial charge on any atom is -0.490 e. The summed E-state index contributed by atoms with van der Waals surface area (Å²) in [4.78, 5) is 14.0. The quantitative estimate of drug-likeness (QED) is 0.691. The molecule has 3 aromatic rings. The molecule has 0 saturated heterocycles. The van der Waals surface area contributed by atoms with E-state index in [-0.39, 0.29) is 5.56 Å². The minimum absolute atomic E-state index is 0.195. The second kappa shape index (κ2) is 7.66. The Morgan fingerprint density at radius 1 is 1.04 bits per heavy atom. The van der Waals surface area contributed by atoms with E-state index in [9.17, 15) is 4.79 Å². The minimum atomic E-state index is -0.195. The fraction of sp³-hybridized carbons (Fsp3) is 0.200. The highest BCUT2D eigenvalue weighted by Gasteiger charge is 2.18. The Kier molecular flexibility index (Phi) is 5.14. The molecule has 0 N–H and O–H groups in total. The first-order chi connectivity index (χ1) is 12.2. The van der Waals surface area contributed by atoms with E-state index < -0.39 is 0 Å². The number of anilines is 2. The highest BCUT2D eigenvalue weighted by atomic mass is 16.5. The van der Waals surface area contributed by atoms with Gasteiger partial charge in [-0.3, -0.25) is 4.79 Å². The molecule has 3 rings (SSSR count). The zero-order valence-electron chi connectivity index (χ0n) is 14.4. The normalized spacial score (nSPS) is 10.5. The summed E-state index contributed by atoms with van der Waals surface area (Å²) in [5, 5.41) is 4.47. The highest BCUT2D eigenvalue weighted by molar-refractivity contribution is 5.65. The van der Waals surface area contributed by atoms with E-state index in [2.05, 4.69) is 22.1 Å². The Morgan fingerprint density at radius 2 is 1.68 bits per heavy atom. The second-order valence-corrected chi connectivity index (χ2v) is 5.63. The largest absolute Gasteiger partial charge is 0.490 e. The van der Waals surface area contributed by atoms with Gasteiger partial charge in [-0.05, 0) is 24.6 Å².